The van der Waals surface area contributed by atoms with Crippen LogP contribution < -0.4 is 4.74 Å². The molecule has 162 valence electrons. The molecule has 2 fully saturated rings. The molecule has 1 heterocycles. The van der Waals surface area contributed by atoms with Crippen LogP contribution in [0.4, 0.5) is 0 Å². The zero-order valence-corrected chi connectivity index (χ0v) is 18.3. The van der Waals surface area contributed by atoms with E-state index in [1.54, 1.807) is 0 Å². The van der Waals surface area contributed by atoms with Crippen LogP contribution in [0.15, 0.2) is 54.6 Å². The summed E-state index contributed by atoms with van der Waals surface area (Å²) >= 11 is 0. The zero-order chi connectivity index (χ0) is 20.8. The molecule has 4 rings (SSSR count). The van der Waals surface area contributed by atoms with Crippen LogP contribution in [0.5, 0.6) is 5.75 Å². The maximum absolute atomic E-state index is 11.6. The van der Waals surface area contributed by atoms with Gasteiger partial charge < -0.3 is 19.6 Å². The second kappa shape index (κ2) is 9.95. The number of hydrogen-bond acceptors (Lipinski definition) is 4. The van der Waals surface area contributed by atoms with Crippen LogP contribution in [0.3, 0.4) is 0 Å². The zero-order valence-electron chi connectivity index (χ0n) is 18.3. The van der Waals surface area contributed by atoms with Crippen molar-refractivity contribution in [3.05, 3.63) is 65.7 Å². The molecule has 2 aromatic rings. The van der Waals surface area contributed by atoms with E-state index in [0.29, 0.717) is 6.61 Å². The van der Waals surface area contributed by atoms with Gasteiger partial charge in [-0.2, -0.15) is 0 Å². The Hall–Kier alpha value is -1.88. The minimum Gasteiger partial charge on any atom is -0.489 e. The molecule has 1 atom stereocenters. The van der Waals surface area contributed by atoms with Crippen LogP contribution >= 0.6 is 0 Å². The number of rotatable bonds is 7. The van der Waals surface area contributed by atoms with E-state index < -0.39 is 5.60 Å². The predicted molar refractivity (Wildman–Crippen MR) is 122 cm³/mol. The highest BCUT2D eigenvalue weighted by Gasteiger charge is 2.39. The molecular weight excluding hydrogens is 372 g/mol. The topological polar surface area (TPSA) is 35.9 Å². The largest absolute Gasteiger partial charge is 0.489 e. The molecule has 1 aliphatic heterocycles. The molecule has 0 bridgehead atoms. The third kappa shape index (κ3) is 5.42. The maximum atomic E-state index is 11.6. The van der Waals surface area contributed by atoms with E-state index in [2.05, 4.69) is 53.2 Å². The Morgan fingerprint density at radius 3 is 2.23 bits per heavy atom. The molecule has 1 saturated heterocycles. The number of ether oxygens (including phenoxy) is 1. The fraction of sp³-hybridized carbons (Fsp3) is 0.538. The van der Waals surface area contributed by atoms with Crippen molar-refractivity contribution in [3.8, 4) is 5.75 Å². The van der Waals surface area contributed by atoms with Gasteiger partial charge in [-0.15, -0.1) is 0 Å². The van der Waals surface area contributed by atoms with E-state index in [1.807, 2.05) is 18.2 Å². The lowest BCUT2D eigenvalue weighted by Crippen LogP contribution is -2.50. The average molecular weight is 409 g/mol. The lowest BCUT2D eigenvalue weighted by molar-refractivity contribution is -0.0337. The third-order valence-corrected chi connectivity index (χ3v) is 6.94. The van der Waals surface area contributed by atoms with E-state index in [1.165, 1.54) is 17.5 Å². The molecule has 0 unspecified atom stereocenters. The number of benzene rings is 2. The lowest BCUT2D eigenvalue weighted by atomic mass is 9.72. The molecule has 0 amide bonds. The summed E-state index contributed by atoms with van der Waals surface area (Å²) in [6.45, 7) is 5.90. The van der Waals surface area contributed by atoms with Crippen LogP contribution in [0.25, 0.3) is 0 Å². The summed E-state index contributed by atoms with van der Waals surface area (Å²) in [4.78, 5) is 4.93. The van der Waals surface area contributed by atoms with Crippen LogP contribution in [-0.2, 0) is 6.61 Å². The highest BCUT2D eigenvalue weighted by atomic mass is 16.5. The molecule has 30 heavy (non-hydrogen) atoms. The number of aliphatic hydroxyl groups is 1. The van der Waals surface area contributed by atoms with Gasteiger partial charge in [-0.3, -0.25) is 0 Å². The lowest BCUT2D eigenvalue weighted by Gasteiger charge is -2.43. The van der Waals surface area contributed by atoms with E-state index in [0.717, 1.165) is 64.2 Å². The van der Waals surface area contributed by atoms with Gasteiger partial charge in [0.05, 0.1) is 5.60 Å². The summed E-state index contributed by atoms with van der Waals surface area (Å²) in [6.07, 6.45) is 5.34. The summed E-state index contributed by atoms with van der Waals surface area (Å²) in [7, 11) is 2.19. The van der Waals surface area contributed by atoms with Crippen molar-refractivity contribution in [1.82, 2.24) is 9.80 Å². The van der Waals surface area contributed by atoms with Crippen molar-refractivity contribution in [2.24, 2.45) is 0 Å². The Labute approximate surface area is 181 Å². The summed E-state index contributed by atoms with van der Waals surface area (Å²) in [5, 5.41) is 11.6. The molecule has 0 radical (unpaired) electrons. The molecule has 4 nitrogen and oxygen atoms in total. The Morgan fingerprint density at radius 2 is 1.57 bits per heavy atom. The van der Waals surface area contributed by atoms with Crippen molar-refractivity contribution < 1.29 is 9.84 Å². The van der Waals surface area contributed by atoms with Gasteiger partial charge in [0.1, 0.15) is 12.4 Å². The quantitative estimate of drug-likeness (QED) is 0.741. The van der Waals surface area contributed by atoms with Crippen LogP contribution in [0, 0.1) is 0 Å². The molecule has 2 aliphatic rings. The van der Waals surface area contributed by atoms with Gasteiger partial charge in [-0.1, -0.05) is 61.7 Å². The minimum absolute atomic E-state index is 0.157. The SMILES string of the molecule is CN1CCN(C[C@@H](c2ccc(OCc3ccccc3)cc2)C2(O)CCCCC2)CC1. The van der Waals surface area contributed by atoms with Crippen molar-refractivity contribution in [2.45, 2.75) is 50.2 Å². The standard InChI is InChI=1S/C26H36N2O2/c1-27-16-18-28(19-17-27)20-25(26(29)14-6-3-7-15-26)23-10-12-24(13-11-23)30-21-22-8-4-2-5-9-22/h2,4-5,8-13,25,29H,3,6-7,14-21H2,1H3/t25-/m0/s1. The number of piperazine rings is 1. The second-order valence-corrected chi connectivity index (χ2v) is 9.16. The maximum Gasteiger partial charge on any atom is 0.119 e. The second-order valence-electron chi connectivity index (χ2n) is 9.16. The number of nitrogens with zero attached hydrogens (tertiary/aromatic N) is 2. The van der Waals surface area contributed by atoms with Gasteiger partial charge in [0.2, 0.25) is 0 Å². The predicted octanol–water partition coefficient (Wildman–Crippen LogP) is 4.29. The first kappa shape index (κ1) is 21.4. The third-order valence-electron chi connectivity index (χ3n) is 6.94. The average Bonchev–Trinajstić information content (AvgIpc) is 2.79. The number of hydrogen-bond donors (Lipinski definition) is 1. The van der Waals surface area contributed by atoms with E-state index in [4.69, 9.17) is 4.74 Å². The molecule has 1 N–H and O–H groups in total. The summed E-state index contributed by atoms with van der Waals surface area (Å²) in [5.74, 6) is 1.04. The first-order chi connectivity index (χ1) is 14.6. The first-order valence-corrected chi connectivity index (χ1v) is 11.5. The van der Waals surface area contributed by atoms with Crippen LogP contribution in [-0.4, -0.2) is 60.3 Å². The molecule has 2 aromatic carbocycles. The van der Waals surface area contributed by atoms with Crippen molar-refractivity contribution in [3.63, 3.8) is 0 Å². The summed E-state index contributed by atoms with van der Waals surface area (Å²) < 4.78 is 5.98. The van der Waals surface area contributed by atoms with Gasteiger partial charge in [-0.05, 0) is 43.1 Å². The first-order valence-electron chi connectivity index (χ1n) is 11.5. The Balaban J connectivity index is 1.46. The van der Waals surface area contributed by atoms with Gasteiger partial charge in [0, 0.05) is 38.6 Å². The van der Waals surface area contributed by atoms with Gasteiger partial charge >= 0.3 is 0 Å². The molecule has 0 aromatic heterocycles. The van der Waals surface area contributed by atoms with Gasteiger partial charge in [-0.25, -0.2) is 0 Å². The number of likely N-dealkylation sites (N-methyl/N-ethyl adjacent to an activating group) is 1. The molecule has 1 saturated carbocycles. The molecule has 0 spiro atoms. The summed E-state index contributed by atoms with van der Waals surface area (Å²) in [5.41, 5.74) is 1.82. The normalized spacial score (nSPS) is 21.3. The van der Waals surface area contributed by atoms with E-state index in [9.17, 15) is 5.11 Å². The monoisotopic (exact) mass is 408 g/mol. The minimum atomic E-state index is -0.589. The fourth-order valence-corrected chi connectivity index (χ4v) is 4.92. The van der Waals surface area contributed by atoms with Crippen molar-refractivity contribution >= 4 is 0 Å². The Morgan fingerprint density at radius 1 is 0.900 bits per heavy atom. The highest BCUT2D eigenvalue weighted by molar-refractivity contribution is 5.32. The molecular formula is C26H36N2O2. The van der Waals surface area contributed by atoms with Gasteiger partial charge in [0.15, 0.2) is 0 Å². The van der Waals surface area contributed by atoms with Crippen LogP contribution in [0.1, 0.15) is 49.1 Å². The Bertz CT molecular complexity index is 763. The van der Waals surface area contributed by atoms with Crippen molar-refractivity contribution in [1.29, 1.82) is 0 Å². The van der Waals surface area contributed by atoms with E-state index in [-0.39, 0.29) is 5.92 Å². The van der Waals surface area contributed by atoms with E-state index >= 15 is 0 Å². The fourth-order valence-electron chi connectivity index (χ4n) is 4.92. The molecule has 1 aliphatic carbocycles. The van der Waals surface area contributed by atoms with Crippen LogP contribution in [0.2, 0.25) is 0 Å². The van der Waals surface area contributed by atoms with Gasteiger partial charge in [0.25, 0.3) is 0 Å². The highest BCUT2D eigenvalue weighted by Crippen LogP contribution is 2.41. The summed E-state index contributed by atoms with van der Waals surface area (Å²) in [6, 6.07) is 18.8. The smallest absolute Gasteiger partial charge is 0.119 e. The molecule has 4 heteroatoms. The van der Waals surface area contributed by atoms with Crippen molar-refractivity contribution in [2.75, 3.05) is 39.8 Å². The Kier molecular flexibility index (Phi) is 7.08.